The summed E-state index contributed by atoms with van der Waals surface area (Å²) >= 11 is 0. The number of nitrogens with zero attached hydrogens (tertiary/aromatic N) is 4. The summed E-state index contributed by atoms with van der Waals surface area (Å²) in [4.78, 5) is 11.1. The quantitative estimate of drug-likeness (QED) is 0.907. The highest BCUT2D eigenvalue weighted by molar-refractivity contribution is 5.17. The molecule has 1 N–H and O–H groups in total. The number of aliphatic hydroxyl groups excluding tert-OH is 1. The molecule has 1 aliphatic heterocycles. The van der Waals surface area contributed by atoms with E-state index in [1.807, 2.05) is 19.0 Å². The fourth-order valence-electron chi connectivity index (χ4n) is 2.90. The number of aliphatic hydroxyl groups is 1. The third-order valence-electron chi connectivity index (χ3n) is 4.13. The number of rotatable bonds is 4. The molecule has 0 amide bonds. The molecule has 5 nitrogen and oxygen atoms in total. The minimum Gasteiger partial charge on any atom is -0.391 e. The number of β-amino-alcohol motifs (C(OH)–C–C–N with tert-alkyl or cyclic N) is 1. The minimum absolute atomic E-state index is 0.228. The molecule has 0 radical (unpaired) electrons. The van der Waals surface area contributed by atoms with Crippen LogP contribution in [0.25, 0.3) is 0 Å². The van der Waals surface area contributed by atoms with Gasteiger partial charge in [-0.3, -0.25) is 4.90 Å². The number of halogens is 3. The topological polar surface area (TPSA) is 52.5 Å². The van der Waals surface area contributed by atoms with E-state index >= 15 is 0 Å². The van der Waals surface area contributed by atoms with Crippen molar-refractivity contribution in [2.45, 2.75) is 32.2 Å². The molecule has 0 spiro atoms. The number of hydrogen-bond donors (Lipinski definition) is 1. The minimum atomic E-state index is -4.52. The van der Waals surface area contributed by atoms with Gasteiger partial charge in [-0.25, -0.2) is 9.97 Å². The van der Waals surface area contributed by atoms with Crippen molar-refractivity contribution in [3.05, 3.63) is 23.3 Å². The molecule has 0 bridgehead atoms. The molecule has 0 aliphatic carbocycles. The van der Waals surface area contributed by atoms with E-state index in [0.717, 1.165) is 19.5 Å². The van der Waals surface area contributed by atoms with E-state index < -0.39 is 18.1 Å². The van der Waals surface area contributed by atoms with Gasteiger partial charge in [0.05, 0.1) is 6.10 Å². The van der Waals surface area contributed by atoms with Gasteiger partial charge in [0.1, 0.15) is 0 Å². The number of alkyl halides is 3. The van der Waals surface area contributed by atoms with Gasteiger partial charge >= 0.3 is 6.18 Å². The molecule has 2 rings (SSSR count). The van der Waals surface area contributed by atoms with Crippen molar-refractivity contribution in [1.82, 2.24) is 19.8 Å². The maximum Gasteiger partial charge on any atom is 0.451 e. The molecule has 1 aromatic rings. The molecule has 0 aromatic carbocycles. The number of hydrogen-bond acceptors (Lipinski definition) is 5. The molecule has 23 heavy (non-hydrogen) atoms. The van der Waals surface area contributed by atoms with Crippen molar-refractivity contribution >= 4 is 0 Å². The standard InChI is InChI=1S/C15H23F3N4O/c1-10-12(6-19-14(20-10)15(16,17)18)8-22-5-4-11(7-21(2)3)13(23)9-22/h6,11,13,23H,4-5,7-9H2,1-3H3/t11-,13+/m0/s1. The smallest absolute Gasteiger partial charge is 0.391 e. The van der Waals surface area contributed by atoms with Crippen molar-refractivity contribution in [3.63, 3.8) is 0 Å². The lowest BCUT2D eigenvalue weighted by molar-refractivity contribution is -0.145. The van der Waals surface area contributed by atoms with E-state index in [0.29, 0.717) is 24.3 Å². The summed E-state index contributed by atoms with van der Waals surface area (Å²) in [7, 11) is 3.95. The van der Waals surface area contributed by atoms with Crippen LogP contribution in [0.3, 0.4) is 0 Å². The van der Waals surface area contributed by atoms with Gasteiger partial charge in [-0.15, -0.1) is 0 Å². The van der Waals surface area contributed by atoms with Crippen molar-refractivity contribution < 1.29 is 18.3 Å². The summed E-state index contributed by atoms with van der Waals surface area (Å²) in [5.74, 6) is -0.880. The monoisotopic (exact) mass is 332 g/mol. The first kappa shape index (κ1) is 18.1. The van der Waals surface area contributed by atoms with Crippen LogP contribution >= 0.6 is 0 Å². The largest absolute Gasteiger partial charge is 0.451 e. The summed E-state index contributed by atoms with van der Waals surface area (Å²) in [5.41, 5.74) is 0.994. The summed E-state index contributed by atoms with van der Waals surface area (Å²) in [6.45, 7) is 4.16. The Morgan fingerprint density at radius 1 is 1.39 bits per heavy atom. The SMILES string of the molecule is Cc1nc(C(F)(F)F)ncc1CN1CC[C@@H](CN(C)C)[C@H](O)C1. The van der Waals surface area contributed by atoms with E-state index in [-0.39, 0.29) is 5.92 Å². The van der Waals surface area contributed by atoms with Crippen molar-refractivity contribution in [2.75, 3.05) is 33.7 Å². The van der Waals surface area contributed by atoms with E-state index in [4.69, 9.17) is 0 Å². The summed E-state index contributed by atoms with van der Waals surface area (Å²) in [6.07, 6.45) is -2.85. The molecule has 1 fully saturated rings. The molecule has 0 unspecified atom stereocenters. The lowest BCUT2D eigenvalue weighted by atomic mass is 9.93. The van der Waals surface area contributed by atoms with E-state index in [2.05, 4.69) is 14.9 Å². The Bertz CT molecular complexity index is 536. The molecule has 2 atom stereocenters. The second-order valence-corrected chi connectivity index (χ2v) is 6.42. The van der Waals surface area contributed by atoms with Crippen molar-refractivity contribution in [3.8, 4) is 0 Å². The average molecular weight is 332 g/mol. The lowest BCUT2D eigenvalue weighted by Crippen LogP contribution is -2.46. The molecule has 1 saturated heterocycles. The van der Waals surface area contributed by atoms with Crippen LogP contribution in [0.4, 0.5) is 13.2 Å². The molecule has 1 aliphatic rings. The fraction of sp³-hybridized carbons (Fsp3) is 0.733. The zero-order chi connectivity index (χ0) is 17.2. The molecule has 1 aromatic heterocycles. The number of aromatic nitrogens is 2. The predicted octanol–water partition coefficient (Wildman–Crippen LogP) is 1.55. The van der Waals surface area contributed by atoms with Crippen LogP contribution in [0.15, 0.2) is 6.20 Å². The van der Waals surface area contributed by atoms with Gasteiger partial charge in [0.15, 0.2) is 0 Å². The van der Waals surface area contributed by atoms with E-state index in [9.17, 15) is 18.3 Å². The van der Waals surface area contributed by atoms with Gasteiger partial charge in [0.2, 0.25) is 5.82 Å². The Balaban J connectivity index is 1.98. The molecule has 0 saturated carbocycles. The Kier molecular flexibility index (Phi) is 5.59. The second-order valence-electron chi connectivity index (χ2n) is 6.42. The second kappa shape index (κ2) is 7.11. The van der Waals surface area contributed by atoms with E-state index in [1.165, 1.54) is 6.20 Å². The zero-order valence-corrected chi connectivity index (χ0v) is 13.6. The Labute approximate surface area is 134 Å². The lowest BCUT2D eigenvalue weighted by Gasteiger charge is -2.37. The van der Waals surface area contributed by atoms with E-state index in [1.54, 1.807) is 6.92 Å². The number of likely N-dealkylation sites (tertiary alicyclic amines) is 1. The highest BCUT2D eigenvalue weighted by Crippen LogP contribution is 2.27. The Morgan fingerprint density at radius 2 is 2.09 bits per heavy atom. The highest BCUT2D eigenvalue weighted by atomic mass is 19.4. The van der Waals surface area contributed by atoms with Crippen LogP contribution in [-0.4, -0.2) is 64.7 Å². The molecule has 8 heteroatoms. The normalized spacial score (nSPS) is 23.5. The maximum atomic E-state index is 12.6. The summed E-state index contributed by atoms with van der Waals surface area (Å²) < 4.78 is 37.8. The third-order valence-corrected chi connectivity index (χ3v) is 4.13. The first-order valence-corrected chi connectivity index (χ1v) is 7.61. The van der Waals surface area contributed by atoms with Gasteiger partial charge in [0, 0.05) is 37.1 Å². The molecule has 2 heterocycles. The molecular formula is C15H23F3N4O. The van der Waals surface area contributed by atoms with Crippen LogP contribution in [-0.2, 0) is 12.7 Å². The van der Waals surface area contributed by atoms with Crippen LogP contribution < -0.4 is 0 Å². The fourth-order valence-corrected chi connectivity index (χ4v) is 2.90. The van der Waals surface area contributed by atoms with Crippen LogP contribution in [0.1, 0.15) is 23.5 Å². The Morgan fingerprint density at radius 3 is 2.61 bits per heavy atom. The van der Waals surface area contributed by atoms with Crippen LogP contribution in [0.5, 0.6) is 0 Å². The Hall–Kier alpha value is -1.25. The van der Waals surface area contributed by atoms with Gasteiger partial charge in [0.25, 0.3) is 0 Å². The first-order chi connectivity index (χ1) is 10.7. The average Bonchev–Trinajstić information content (AvgIpc) is 2.42. The summed E-state index contributed by atoms with van der Waals surface area (Å²) in [6, 6.07) is 0. The summed E-state index contributed by atoms with van der Waals surface area (Å²) in [5, 5.41) is 10.2. The van der Waals surface area contributed by atoms with Crippen LogP contribution in [0.2, 0.25) is 0 Å². The highest BCUT2D eigenvalue weighted by Gasteiger charge is 2.35. The number of aryl methyl sites for hydroxylation is 1. The predicted molar refractivity (Wildman–Crippen MR) is 79.7 cm³/mol. The van der Waals surface area contributed by atoms with Crippen molar-refractivity contribution in [1.29, 1.82) is 0 Å². The van der Waals surface area contributed by atoms with Crippen LogP contribution in [0, 0.1) is 12.8 Å². The molecular weight excluding hydrogens is 309 g/mol. The zero-order valence-electron chi connectivity index (χ0n) is 13.6. The van der Waals surface area contributed by atoms with Gasteiger partial charge in [-0.2, -0.15) is 13.2 Å². The third kappa shape index (κ3) is 4.86. The number of piperidine rings is 1. The van der Waals surface area contributed by atoms with Crippen molar-refractivity contribution in [2.24, 2.45) is 5.92 Å². The van der Waals surface area contributed by atoms with Gasteiger partial charge in [-0.1, -0.05) is 0 Å². The maximum absolute atomic E-state index is 12.6. The molecule has 130 valence electrons. The van der Waals surface area contributed by atoms with Gasteiger partial charge < -0.3 is 10.0 Å². The van der Waals surface area contributed by atoms with Gasteiger partial charge in [-0.05, 0) is 39.9 Å². The first-order valence-electron chi connectivity index (χ1n) is 7.61.